The summed E-state index contributed by atoms with van der Waals surface area (Å²) in [6.07, 6.45) is 0. The number of nitrogen functional groups attached to an aromatic ring is 1. The van der Waals surface area contributed by atoms with Crippen molar-refractivity contribution in [3.8, 4) is 5.75 Å². The number of nitrogens with zero attached hydrogens (tertiary/aromatic N) is 6. The molecule has 0 amide bonds. The van der Waals surface area contributed by atoms with Crippen LogP contribution >= 0.6 is 0 Å². The fourth-order valence-electron chi connectivity index (χ4n) is 3.88. The fourth-order valence-corrected chi connectivity index (χ4v) is 5.15. The van der Waals surface area contributed by atoms with Crippen LogP contribution < -0.4 is 70.0 Å². The van der Waals surface area contributed by atoms with Crippen molar-refractivity contribution >= 4 is 70.8 Å². The van der Waals surface area contributed by atoms with Crippen molar-refractivity contribution in [2.24, 2.45) is 30.7 Å². The molecule has 14 nitrogen and oxygen atoms in total. The molecule has 0 aliphatic carbocycles. The molecule has 0 saturated carbocycles. The Morgan fingerprint density at radius 2 is 1.02 bits per heavy atom. The molecular formula is C28H19N7Na2O7S2. The van der Waals surface area contributed by atoms with Crippen LogP contribution in [0.1, 0.15) is 0 Å². The van der Waals surface area contributed by atoms with Gasteiger partial charge < -0.3 is 15.4 Å². The van der Waals surface area contributed by atoms with E-state index in [1.165, 1.54) is 54.6 Å². The largest absolute Gasteiger partial charge is 1.00 e. The number of hydrogen-bond donors (Lipinski definition) is 2. The predicted molar refractivity (Wildman–Crippen MR) is 157 cm³/mol. The number of nitrogens with two attached hydrogens (primary N) is 1. The molecule has 0 fully saturated rings. The van der Waals surface area contributed by atoms with Crippen LogP contribution in [-0.4, -0.2) is 25.9 Å². The van der Waals surface area contributed by atoms with Crippen LogP contribution in [0, 0.1) is 0 Å². The summed E-state index contributed by atoms with van der Waals surface area (Å²) >= 11 is 0. The van der Waals surface area contributed by atoms with Crippen molar-refractivity contribution in [3.63, 3.8) is 0 Å². The first kappa shape index (κ1) is 37.0. The smallest absolute Gasteiger partial charge is 0.871 e. The molecular weight excluding hydrogens is 656 g/mol. The van der Waals surface area contributed by atoms with Crippen molar-refractivity contribution in [1.82, 2.24) is 0 Å². The molecule has 0 aromatic heterocycles. The first-order valence-corrected chi connectivity index (χ1v) is 15.2. The van der Waals surface area contributed by atoms with Crippen molar-refractivity contribution in [2.75, 3.05) is 5.73 Å². The van der Waals surface area contributed by atoms with Gasteiger partial charge in [-0.05, 0) is 77.5 Å². The van der Waals surface area contributed by atoms with Gasteiger partial charge in [-0.1, -0.05) is 36.1 Å². The number of para-hydroxylation sites is 1. The maximum Gasteiger partial charge on any atom is 1.00 e. The second-order valence-electron chi connectivity index (χ2n) is 9.06. The number of rotatable bonds is 8. The summed E-state index contributed by atoms with van der Waals surface area (Å²) < 4.78 is 70.2. The Balaban J connectivity index is 0.00000288. The van der Waals surface area contributed by atoms with Crippen LogP contribution in [0.15, 0.2) is 138 Å². The van der Waals surface area contributed by atoms with Gasteiger partial charge in [-0.3, -0.25) is 4.55 Å². The molecule has 3 N–H and O–H groups in total. The van der Waals surface area contributed by atoms with Crippen molar-refractivity contribution in [2.45, 2.75) is 9.79 Å². The van der Waals surface area contributed by atoms with Crippen molar-refractivity contribution in [3.05, 3.63) is 97.1 Å². The molecule has 18 heteroatoms. The average molecular weight is 676 g/mol. The van der Waals surface area contributed by atoms with E-state index in [0.717, 1.165) is 12.1 Å². The maximum atomic E-state index is 12.2. The Kier molecular flexibility index (Phi) is 12.4. The van der Waals surface area contributed by atoms with Crippen LogP contribution in [0.5, 0.6) is 5.75 Å². The third-order valence-electron chi connectivity index (χ3n) is 6.01. The maximum absolute atomic E-state index is 12.2. The third kappa shape index (κ3) is 9.10. The molecule has 222 valence electrons. The van der Waals surface area contributed by atoms with E-state index in [0.29, 0.717) is 11.4 Å². The van der Waals surface area contributed by atoms with E-state index in [4.69, 9.17) is 5.73 Å². The Hall–Kier alpha value is -3.42. The monoisotopic (exact) mass is 675 g/mol. The molecule has 0 unspecified atom stereocenters. The number of anilines is 1. The van der Waals surface area contributed by atoms with E-state index in [-0.39, 0.29) is 104 Å². The summed E-state index contributed by atoms with van der Waals surface area (Å²) in [5, 5.41) is 35.8. The summed E-state index contributed by atoms with van der Waals surface area (Å²) in [7, 11) is -9.92. The zero-order chi connectivity index (χ0) is 31.5. The minimum atomic E-state index is -5.05. The number of fused-ring (bicyclic) bond motifs is 1. The van der Waals surface area contributed by atoms with Crippen LogP contribution in [0.25, 0.3) is 10.8 Å². The van der Waals surface area contributed by atoms with Gasteiger partial charge in [0.05, 0.1) is 27.6 Å². The molecule has 46 heavy (non-hydrogen) atoms. The summed E-state index contributed by atoms with van der Waals surface area (Å²) in [5.41, 5.74) is 6.38. The standard InChI is InChI=1S/C28H21N7O7S2.2Na/c29-28-22(7-4-8-25(28)36)33-31-20-9-11-21(12-10-20)32-35-24-14-17-13-23(34-30-19-5-2-1-3-6-19)26(43(37,38)39)15-18(17)16-27(24)44(40,41)42;;/h1-16,36H,29H2,(H,37,38,39)(H,40,41,42);;/q;2*+1/p-2. The SMILES string of the molecule is Nc1c([O-])cccc1N=Nc1ccc(N=Nc2cc3cc(N=Nc4ccccc4)c(S(=O)(=O)[O-])cc3cc2S(=O)(=O)O)cc1.[Na+].[Na+]. The number of benzene rings is 5. The first-order chi connectivity index (χ1) is 20.9. The summed E-state index contributed by atoms with van der Waals surface area (Å²) in [6.45, 7) is 0. The Morgan fingerprint density at radius 3 is 1.54 bits per heavy atom. The topological polar surface area (TPSA) is 235 Å². The van der Waals surface area contributed by atoms with E-state index in [2.05, 4.69) is 30.7 Å². The normalized spacial score (nSPS) is 12.0. The average Bonchev–Trinajstić information content (AvgIpc) is 2.99. The van der Waals surface area contributed by atoms with Gasteiger partial charge in [0.1, 0.15) is 32.1 Å². The summed E-state index contributed by atoms with van der Waals surface area (Å²) in [5.74, 6) is -0.376. The van der Waals surface area contributed by atoms with Gasteiger partial charge in [0, 0.05) is 0 Å². The van der Waals surface area contributed by atoms with E-state index in [1.807, 2.05) is 0 Å². The Labute approximate surface area is 307 Å². The van der Waals surface area contributed by atoms with Crippen LogP contribution in [0.4, 0.5) is 39.8 Å². The fraction of sp³-hybridized carbons (Fsp3) is 0. The zero-order valence-electron chi connectivity index (χ0n) is 24.2. The van der Waals surface area contributed by atoms with E-state index in [9.17, 15) is 31.0 Å². The van der Waals surface area contributed by atoms with E-state index >= 15 is 0 Å². The summed E-state index contributed by atoms with van der Waals surface area (Å²) in [6, 6.07) is 23.2. The van der Waals surface area contributed by atoms with Gasteiger partial charge >= 0.3 is 59.1 Å². The van der Waals surface area contributed by atoms with E-state index in [1.54, 1.807) is 30.3 Å². The van der Waals surface area contributed by atoms with Crippen molar-refractivity contribution < 1.29 is 90.2 Å². The van der Waals surface area contributed by atoms with Crippen LogP contribution in [0.2, 0.25) is 0 Å². The molecule has 0 aliphatic heterocycles. The first-order valence-electron chi connectivity index (χ1n) is 12.4. The molecule has 0 atom stereocenters. The third-order valence-corrected chi connectivity index (χ3v) is 7.76. The Morgan fingerprint density at radius 1 is 0.565 bits per heavy atom. The van der Waals surface area contributed by atoms with Gasteiger partial charge in [0.25, 0.3) is 10.1 Å². The second kappa shape index (κ2) is 15.4. The summed E-state index contributed by atoms with van der Waals surface area (Å²) in [4.78, 5) is -1.41. The quantitative estimate of drug-likeness (QED) is 0.103. The molecule has 0 bridgehead atoms. The molecule has 0 aliphatic rings. The molecule has 5 rings (SSSR count). The molecule has 0 radical (unpaired) electrons. The number of hydrogen-bond acceptors (Lipinski definition) is 13. The van der Waals surface area contributed by atoms with E-state index < -0.39 is 30.0 Å². The molecule has 5 aromatic rings. The molecule has 0 spiro atoms. The van der Waals surface area contributed by atoms with Crippen LogP contribution in [-0.2, 0) is 20.2 Å². The zero-order valence-corrected chi connectivity index (χ0v) is 29.8. The van der Waals surface area contributed by atoms with Gasteiger partial charge in [0.2, 0.25) is 0 Å². The van der Waals surface area contributed by atoms with Gasteiger partial charge in [0.15, 0.2) is 0 Å². The van der Waals surface area contributed by atoms with Gasteiger partial charge in [-0.15, -0.1) is 15.3 Å². The second-order valence-corrected chi connectivity index (χ2v) is 11.8. The minimum absolute atomic E-state index is 0. The minimum Gasteiger partial charge on any atom is -0.871 e. The van der Waals surface area contributed by atoms with Gasteiger partial charge in [-0.25, -0.2) is 8.42 Å². The molecule has 0 heterocycles. The Bertz CT molecular complexity index is 2200. The molecule has 0 saturated heterocycles. The number of azo groups is 3. The molecule has 5 aromatic carbocycles. The van der Waals surface area contributed by atoms with Crippen LogP contribution in [0.3, 0.4) is 0 Å². The van der Waals surface area contributed by atoms with Gasteiger partial charge in [-0.2, -0.15) is 23.8 Å². The van der Waals surface area contributed by atoms with Crippen molar-refractivity contribution in [1.29, 1.82) is 0 Å². The predicted octanol–water partition coefficient (Wildman–Crippen LogP) is 0.901.